The summed E-state index contributed by atoms with van der Waals surface area (Å²) in [6.45, 7) is 1.26. The summed E-state index contributed by atoms with van der Waals surface area (Å²) in [5, 5.41) is 4.11. The van der Waals surface area contributed by atoms with Gasteiger partial charge in [0.15, 0.2) is 6.10 Å². The van der Waals surface area contributed by atoms with Crippen molar-refractivity contribution in [1.82, 2.24) is 10.6 Å². The monoisotopic (exact) mass is 298 g/mol. The number of benzene rings is 1. The first kappa shape index (κ1) is 16.4. The number of ether oxygens (including phenoxy) is 2. The Morgan fingerprint density at radius 2 is 1.95 bits per heavy atom. The molecule has 0 bridgehead atoms. The molecule has 0 unspecified atom stereocenters. The lowest BCUT2D eigenvalue weighted by atomic mass is 10.2. The third kappa shape index (κ3) is 4.44. The van der Waals surface area contributed by atoms with Crippen LogP contribution in [0.2, 0.25) is 0 Å². The Morgan fingerprint density at radius 3 is 2.48 bits per heavy atom. The van der Waals surface area contributed by atoms with Crippen LogP contribution in [-0.4, -0.2) is 38.2 Å². The summed E-state index contributed by atoms with van der Waals surface area (Å²) >= 11 is 0. The summed E-state index contributed by atoms with van der Waals surface area (Å²) in [7, 11) is 2.68. The van der Waals surface area contributed by atoms with E-state index in [-0.39, 0.29) is 11.3 Å². The van der Waals surface area contributed by atoms with Crippen LogP contribution in [0.4, 0.5) is 9.18 Å². The molecule has 1 rings (SSSR count). The highest BCUT2D eigenvalue weighted by molar-refractivity contribution is 5.98. The van der Waals surface area contributed by atoms with Gasteiger partial charge in [-0.15, -0.1) is 0 Å². The van der Waals surface area contributed by atoms with Crippen LogP contribution in [-0.2, 0) is 9.53 Å². The van der Waals surface area contributed by atoms with Crippen molar-refractivity contribution in [3.63, 3.8) is 0 Å². The van der Waals surface area contributed by atoms with Gasteiger partial charge in [-0.1, -0.05) is 0 Å². The van der Waals surface area contributed by atoms with E-state index in [1.165, 1.54) is 33.2 Å². The van der Waals surface area contributed by atoms with E-state index in [4.69, 9.17) is 9.47 Å². The second kappa shape index (κ2) is 7.22. The second-order valence-electron chi connectivity index (χ2n) is 3.96. The zero-order chi connectivity index (χ0) is 16.0. The van der Waals surface area contributed by atoms with Gasteiger partial charge in [-0.2, -0.15) is 0 Å². The topological polar surface area (TPSA) is 93.7 Å². The minimum Gasteiger partial charge on any atom is -0.497 e. The highest BCUT2D eigenvalue weighted by atomic mass is 19.1. The Hall–Kier alpha value is -2.64. The molecule has 21 heavy (non-hydrogen) atoms. The molecule has 0 aliphatic rings. The molecule has 0 heterocycles. The van der Waals surface area contributed by atoms with Gasteiger partial charge in [-0.25, -0.2) is 14.0 Å². The maximum atomic E-state index is 13.7. The molecule has 0 fully saturated rings. The molecule has 8 heteroatoms. The number of hydrogen-bond acceptors (Lipinski definition) is 5. The van der Waals surface area contributed by atoms with Crippen molar-refractivity contribution in [3.05, 3.63) is 29.6 Å². The minimum absolute atomic E-state index is 0.245. The lowest BCUT2D eigenvalue weighted by molar-refractivity contribution is -0.127. The standard InChI is InChI=1S/C13H15FN2O5/c1-7(11(17)16-13(19)15-2)21-12(18)9-5-4-8(20-3)6-10(9)14/h4-7H,1-3H3,(H2,15,16,17,19)/t7-/m1/s1. The number of methoxy groups -OCH3 is 1. The molecule has 1 atom stereocenters. The van der Waals surface area contributed by atoms with E-state index >= 15 is 0 Å². The molecule has 1 aromatic carbocycles. The summed E-state index contributed by atoms with van der Waals surface area (Å²) in [5.74, 6) is -2.43. The number of imide groups is 1. The second-order valence-corrected chi connectivity index (χ2v) is 3.96. The maximum Gasteiger partial charge on any atom is 0.341 e. The normalized spacial score (nSPS) is 11.2. The Balaban J connectivity index is 2.72. The van der Waals surface area contributed by atoms with Crippen molar-refractivity contribution >= 4 is 17.9 Å². The number of carbonyl (C=O) groups is 3. The van der Waals surface area contributed by atoms with Crippen molar-refractivity contribution in [2.45, 2.75) is 13.0 Å². The molecule has 2 N–H and O–H groups in total. The molecule has 0 aromatic heterocycles. The number of halogens is 1. The average Bonchev–Trinajstić information content (AvgIpc) is 2.46. The van der Waals surface area contributed by atoms with E-state index in [1.807, 2.05) is 5.32 Å². The van der Waals surface area contributed by atoms with Gasteiger partial charge in [0, 0.05) is 13.1 Å². The van der Waals surface area contributed by atoms with Gasteiger partial charge in [0.2, 0.25) is 0 Å². The molecule has 1 aromatic rings. The lowest BCUT2D eigenvalue weighted by Gasteiger charge is -2.13. The zero-order valence-corrected chi connectivity index (χ0v) is 11.7. The molecule has 0 aliphatic heterocycles. The largest absolute Gasteiger partial charge is 0.497 e. The van der Waals surface area contributed by atoms with Gasteiger partial charge in [0.05, 0.1) is 12.7 Å². The molecule has 114 valence electrons. The highest BCUT2D eigenvalue weighted by Crippen LogP contribution is 2.17. The first-order valence-electron chi connectivity index (χ1n) is 5.96. The molecule has 0 saturated carbocycles. The van der Waals surface area contributed by atoms with Crippen molar-refractivity contribution in [2.24, 2.45) is 0 Å². The van der Waals surface area contributed by atoms with E-state index in [1.54, 1.807) is 0 Å². The van der Waals surface area contributed by atoms with Gasteiger partial charge in [-0.05, 0) is 19.1 Å². The van der Waals surface area contributed by atoms with Crippen molar-refractivity contribution in [1.29, 1.82) is 0 Å². The first-order valence-corrected chi connectivity index (χ1v) is 5.96. The summed E-state index contributed by atoms with van der Waals surface area (Å²) in [6.07, 6.45) is -1.25. The quantitative estimate of drug-likeness (QED) is 0.803. The van der Waals surface area contributed by atoms with E-state index in [2.05, 4.69) is 5.32 Å². The van der Waals surface area contributed by atoms with Crippen LogP contribution in [0.25, 0.3) is 0 Å². The fraction of sp³-hybridized carbons (Fsp3) is 0.308. The number of hydrogen-bond donors (Lipinski definition) is 2. The zero-order valence-electron chi connectivity index (χ0n) is 11.7. The summed E-state index contributed by atoms with van der Waals surface area (Å²) in [5.41, 5.74) is -0.338. The number of amides is 3. The summed E-state index contributed by atoms with van der Waals surface area (Å²) < 4.78 is 23.2. The smallest absolute Gasteiger partial charge is 0.341 e. The van der Waals surface area contributed by atoms with Crippen LogP contribution in [0.1, 0.15) is 17.3 Å². The Labute approximate surface area is 120 Å². The molecular weight excluding hydrogens is 283 g/mol. The summed E-state index contributed by atoms with van der Waals surface area (Å²) in [6, 6.07) is 2.85. The van der Waals surface area contributed by atoms with Crippen LogP contribution in [0.3, 0.4) is 0 Å². The average molecular weight is 298 g/mol. The lowest BCUT2D eigenvalue weighted by Crippen LogP contribution is -2.43. The van der Waals surface area contributed by atoms with Crippen LogP contribution in [0.15, 0.2) is 18.2 Å². The van der Waals surface area contributed by atoms with Crippen molar-refractivity contribution in [2.75, 3.05) is 14.2 Å². The van der Waals surface area contributed by atoms with E-state index in [0.717, 1.165) is 6.07 Å². The number of esters is 1. The highest BCUT2D eigenvalue weighted by Gasteiger charge is 2.22. The van der Waals surface area contributed by atoms with Crippen LogP contribution in [0, 0.1) is 5.82 Å². The van der Waals surface area contributed by atoms with Gasteiger partial charge >= 0.3 is 12.0 Å². The number of nitrogens with one attached hydrogen (secondary N) is 2. The van der Waals surface area contributed by atoms with E-state index < -0.39 is 29.8 Å². The Bertz CT molecular complexity index is 561. The number of rotatable bonds is 4. The van der Waals surface area contributed by atoms with E-state index in [0.29, 0.717) is 0 Å². The molecule has 0 saturated heterocycles. The molecule has 3 amide bonds. The van der Waals surface area contributed by atoms with Crippen molar-refractivity contribution in [3.8, 4) is 5.75 Å². The molecular formula is C13H15FN2O5. The third-order valence-electron chi connectivity index (χ3n) is 2.51. The van der Waals surface area contributed by atoms with Gasteiger partial charge in [-0.3, -0.25) is 10.1 Å². The number of urea groups is 1. The molecule has 0 radical (unpaired) electrons. The van der Waals surface area contributed by atoms with Gasteiger partial charge in [0.25, 0.3) is 5.91 Å². The molecule has 0 aliphatic carbocycles. The SMILES string of the molecule is CNC(=O)NC(=O)[C@@H](C)OC(=O)c1ccc(OC)cc1F. The van der Waals surface area contributed by atoms with Gasteiger partial charge in [0.1, 0.15) is 11.6 Å². The van der Waals surface area contributed by atoms with Gasteiger partial charge < -0.3 is 14.8 Å². The van der Waals surface area contributed by atoms with E-state index in [9.17, 15) is 18.8 Å². The van der Waals surface area contributed by atoms with Crippen LogP contribution < -0.4 is 15.4 Å². The summed E-state index contributed by atoms with van der Waals surface area (Å²) in [4.78, 5) is 34.2. The molecule has 0 spiro atoms. The first-order chi connectivity index (χ1) is 9.88. The van der Waals surface area contributed by atoms with Crippen molar-refractivity contribution < 1.29 is 28.2 Å². The fourth-order valence-corrected chi connectivity index (χ4v) is 1.34. The van der Waals surface area contributed by atoms with Crippen LogP contribution >= 0.6 is 0 Å². The molecule has 7 nitrogen and oxygen atoms in total. The Morgan fingerprint density at radius 1 is 1.29 bits per heavy atom. The number of carbonyl (C=O) groups excluding carboxylic acids is 3. The predicted octanol–water partition coefficient (Wildman–Crippen LogP) is 0.835. The maximum absolute atomic E-state index is 13.7. The third-order valence-corrected chi connectivity index (χ3v) is 2.51. The predicted molar refractivity (Wildman–Crippen MR) is 70.4 cm³/mol. The Kier molecular flexibility index (Phi) is 5.65. The van der Waals surface area contributed by atoms with Crippen LogP contribution in [0.5, 0.6) is 5.75 Å². The fourth-order valence-electron chi connectivity index (χ4n) is 1.34. The minimum atomic E-state index is -1.25.